The third-order valence-corrected chi connectivity index (χ3v) is 3.25. The summed E-state index contributed by atoms with van der Waals surface area (Å²) in [5.74, 6) is 0.722. The maximum atomic E-state index is 9.28. The monoisotopic (exact) mass is 211 g/mol. The van der Waals surface area contributed by atoms with Crippen LogP contribution in [0.1, 0.15) is 29.2 Å². The van der Waals surface area contributed by atoms with Gasteiger partial charge in [-0.3, -0.25) is 4.98 Å². The Morgan fingerprint density at radius 3 is 2.75 bits per heavy atom. The summed E-state index contributed by atoms with van der Waals surface area (Å²) in [5.41, 5.74) is 3.81. The van der Waals surface area contributed by atoms with Gasteiger partial charge in [-0.05, 0) is 42.2 Å². The molecule has 0 amide bonds. The first-order valence-corrected chi connectivity index (χ1v) is 5.57. The Bertz CT molecular complexity index is 504. The zero-order valence-corrected chi connectivity index (χ0v) is 8.93. The molecule has 1 aliphatic rings. The average molecular weight is 211 g/mol. The Balaban J connectivity index is 2.01. The Morgan fingerprint density at radius 2 is 1.94 bits per heavy atom. The molecule has 16 heavy (non-hydrogen) atoms. The number of hydrogen-bond donors (Lipinski definition) is 1. The van der Waals surface area contributed by atoms with Gasteiger partial charge in [-0.1, -0.05) is 18.2 Å². The van der Waals surface area contributed by atoms with Gasteiger partial charge >= 0.3 is 0 Å². The number of aromatic hydroxyl groups is 1. The predicted molar refractivity (Wildman–Crippen MR) is 62.5 cm³/mol. The van der Waals surface area contributed by atoms with Gasteiger partial charge in [0.05, 0.1) is 5.69 Å². The Hall–Kier alpha value is -1.83. The fourth-order valence-electron chi connectivity index (χ4n) is 2.44. The molecular formula is C14H13NO. The van der Waals surface area contributed by atoms with Crippen molar-refractivity contribution >= 4 is 0 Å². The lowest BCUT2D eigenvalue weighted by atomic mass is 9.96. The summed E-state index contributed by atoms with van der Waals surface area (Å²) in [7, 11) is 0. The van der Waals surface area contributed by atoms with Gasteiger partial charge in [-0.25, -0.2) is 0 Å². The van der Waals surface area contributed by atoms with Crippen LogP contribution in [-0.4, -0.2) is 10.1 Å². The van der Waals surface area contributed by atoms with E-state index in [2.05, 4.69) is 11.1 Å². The molecule has 0 spiro atoms. The fourth-order valence-corrected chi connectivity index (χ4v) is 2.44. The first-order chi connectivity index (χ1) is 7.84. The van der Waals surface area contributed by atoms with E-state index in [0.29, 0.717) is 11.7 Å². The molecule has 3 rings (SSSR count). The highest BCUT2D eigenvalue weighted by Crippen LogP contribution is 2.36. The van der Waals surface area contributed by atoms with E-state index in [-0.39, 0.29) is 0 Å². The highest BCUT2D eigenvalue weighted by molar-refractivity contribution is 5.39. The molecule has 1 aromatic carbocycles. The van der Waals surface area contributed by atoms with Crippen LogP contribution in [0.5, 0.6) is 5.75 Å². The summed E-state index contributed by atoms with van der Waals surface area (Å²) in [6.45, 7) is 0. The molecule has 1 atom stereocenters. The van der Waals surface area contributed by atoms with Crippen molar-refractivity contribution in [3.05, 3.63) is 59.4 Å². The van der Waals surface area contributed by atoms with Crippen molar-refractivity contribution in [1.29, 1.82) is 0 Å². The number of pyridine rings is 1. The van der Waals surface area contributed by atoms with Gasteiger partial charge < -0.3 is 5.11 Å². The van der Waals surface area contributed by atoms with Crippen molar-refractivity contribution in [2.75, 3.05) is 0 Å². The molecule has 1 unspecified atom stereocenters. The third kappa shape index (κ3) is 1.47. The zero-order chi connectivity index (χ0) is 11.0. The number of benzene rings is 1. The quantitative estimate of drug-likeness (QED) is 0.786. The van der Waals surface area contributed by atoms with Crippen molar-refractivity contribution in [3.8, 4) is 5.75 Å². The molecule has 1 heterocycles. The topological polar surface area (TPSA) is 33.1 Å². The van der Waals surface area contributed by atoms with Gasteiger partial charge in [0.25, 0.3) is 0 Å². The molecule has 0 radical (unpaired) electrons. The molecule has 0 saturated carbocycles. The maximum absolute atomic E-state index is 9.28. The van der Waals surface area contributed by atoms with E-state index < -0.39 is 0 Å². The van der Waals surface area contributed by atoms with Crippen molar-refractivity contribution in [1.82, 2.24) is 4.98 Å². The van der Waals surface area contributed by atoms with Crippen LogP contribution >= 0.6 is 0 Å². The summed E-state index contributed by atoms with van der Waals surface area (Å²) in [6, 6.07) is 11.6. The fraction of sp³-hybridized carbons (Fsp3) is 0.214. The Labute approximate surface area is 94.6 Å². The van der Waals surface area contributed by atoms with Crippen LogP contribution in [0, 0.1) is 0 Å². The smallest absolute Gasteiger partial charge is 0.115 e. The van der Waals surface area contributed by atoms with Crippen LogP contribution in [0.3, 0.4) is 0 Å². The van der Waals surface area contributed by atoms with Gasteiger partial charge in [0.1, 0.15) is 5.75 Å². The van der Waals surface area contributed by atoms with Gasteiger partial charge in [0.15, 0.2) is 0 Å². The number of fused-ring (bicyclic) bond motifs is 1. The van der Waals surface area contributed by atoms with Crippen molar-refractivity contribution in [3.63, 3.8) is 0 Å². The highest BCUT2D eigenvalue weighted by Gasteiger charge is 2.24. The summed E-state index contributed by atoms with van der Waals surface area (Å²) >= 11 is 0. The second-order valence-corrected chi connectivity index (χ2v) is 4.23. The van der Waals surface area contributed by atoms with Crippen LogP contribution in [0.2, 0.25) is 0 Å². The number of aromatic nitrogens is 1. The third-order valence-electron chi connectivity index (χ3n) is 3.25. The number of hydrogen-bond acceptors (Lipinski definition) is 2. The van der Waals surface area contributed by atoms with E-state index in [9.17, 15) is 5.11 Å². The van der Waals surface area contributed by atoms with Gasteiger partial charge in [-0.15, -0.1) is 0 Å². The summed E-state index contributed by atoms with van der Waals surface area (Å²) in [6.07, 6.45) is 4.09. The summed E-state index contributed by atoms with van der Waals surface area (Å²) < 4.78 is 0. The first kappa shape index (κ1) is 9.40. The molecule has 1 N–H and O–H groups in total. The number of aryl methyl sites for hydroxylation is 1. The summed E-state index contributed by atoms with van der Waals surface area (Å²) in [4.78, 5) is 4.48. The average Bonchev–Trinajstić information content (AvgIpc) is 2.74. The van der Waals surface area contributed by atoms with Crippen LogP contribution in [0.4, 0.5) is 0 Å². The van der Waals surface area contributed by atoms with Crippen LogP contribution < -0.4 is 0 Å². The molecule has 1 aliphatic carbocycles. The normalized spacial score (nSPS) is 18.4. The molecule has 2 nitrogen and oxygen atoms in total. The van der Waals surface area contributed by atoms with Crippen molar-refractivity contribution in [2.45, 2.75) is 18.8 Å². The van der Waals surface area contributed by atoms with Crippen molar-refractivity contribution < 1.29 is 5.11 Å². The van der Waals surface area contributed by atoms with E-state index in [4.69, 9.17) is 0 Å². The van der Waals surface area contributed by atoms with Gasteiger partial charge in [0, 0.05) is 12.1 Å². The lowest BCUT2D eigenvalue weighted by molar-refractivity contribution is 0.475. The molecule has 0 aliphatic heterocycles. The van der Waals surface area contributed by atoms with Crippen LogP contribution in [0.15, 0.2) is 42.6 Å². The second kappa shape index (κ2) is 3.63. The number of phenolic OH excluding ortho intramolecular Hbond substituents is 1. The zero-order valence-electron chi connectivity index (χ0n) is 8.93. The standard InChI is InChI=1S/C14H13NO/c16-12-6-3-10(4-7-12)13-8-5-11-2-1-9-15-14(11)13/h1-4,6-7,9,13,16H,5,8H2. The maximum Gasteiger partial charge on any atom is 0.115 e. The van der Waals surface area contributed by atoms with E-state index in [0.717, 1.165) is 12.8 Å². The lowest BCUT2D eigenvalue weighted by Gasteiger charge is -2.10. The van der Waals surface area contributed by atoms with E-state index in [1.807, 2.05) is 24.4 Å². The Morgan fingerprint density at radius 1 is 1.12 bits per heavy atom. The minimum absolute atomic E-state index is 0.322. The van der Waals surface area contributed by atoms with Crippen molar-refractivity contribution in [2.24, 2.45) is 0 Å². The Kier molecular flexibility index (Phi) is 2.13. The predicted octanol–water partition coefficient (Wildman–Crippen LogP) is 2.87. The second-order valence-electron chi connectivity index (χ2n) is 4.23. The minimum atomic E-state index is 0.322. The molecular weight excluding hydrogens is 198 g/mol. The van der Waals surface area contributed by atoms with E-state index in [1.165, 1.54) is 16.8 Å². The molecule has 2 aromatic rings. The number of nitrogens with zero attached hydrogens (tertiary/aromatic N) is 1. The summed E-state index contributed by atoms with van der Waals surface area (Å²) in [5, 5.41) is 9.28. The SMILES string of the molecule is Oc1ccc(C2CCc3cccnc32)cc1. The van der Waals surface area contributed by atoms with Gasteiger partial charge in [0.2, 0.25) is 0 Å². The minimum Gasteiger partial charge on any atom is -0.508 e. The molecule has 2 heteroatoms. The van der Waals surface area contributed by atoms with E-state index >= 15 is 0 Å². The van der Waals surface area contributed by atoms with Crippen LogP contribution in [-0.2, 0) is 6.42 Å². The first-order valence-electron chi connectivity index (χ1n) is 5.57. The number of phenols is 1. The molecule has 0 bridgehead atoms. The highest BCUT2D eigenvalue weighted by atomic mass is 16.3. The lowest BCUT2D eigenvalue weighted by Crippen LogP contribution is -1.97. The van der Waals surface area contributed by atoms with Crippen LogP contribution in [0.25, 0.3) is 0 Å². The molecule has 1 aromatic heterocycles. The molecule has 0 fully saturated rings. The van der Waals surface area contributed by atoms with Gasteiger partial charge in [-0.2, -0.15) is 0 Å². The molecule has 80 valence electrons. The number of rotatable bonds is 1. The van der Waals surface area contributed by atoms with E-state index in [1.54, 1.807) is 12.1 Å². The molecule has 0 saturated heterocycles. The largest absolute Gasteiger partial charge is 0.508 e.